The number of nitrogens with zero attached hydrogens (tertiary/aromatic N) is 1. The zero-order valence-corrected chi connectivity index (χ0v) is 17.4. The second-order valence-corrected chi connectivity index (χ2v) is 8.14. The van der Waals surface area contributed by atoms with E-state index in [1.54, 1.807) is 51.1 Å². The molecule has 1 aromatic heterocycles. The molecule has 1 heterocycles. The minimum Gasteiger partial charge on any atom is -0.456 e. The van der Waals surface area contributed by atoms with Crippen LogP contribution in [0.2, 0.25) is 0 Å². The van der Waals surface area contributed by atoms with Gasteiger partial charge in [0.25, 0.3) is 0 Å². The molecule has 1 saturated carbocycles. The van der Waals surface area contributed by atoms with Crippen molar-refractivity contribution in [1.29, 1.82) is 0 Å². The summed E-state index contributed by atoms with van der Waals surface area (Å²) in [6.07, 6.45) is -4.44. The van der Waals surface area contributed by atoms with Crippen LogP contribution in [0, 0.1) is 17.3 Å². The van der Waals surface area contributed by atoms with Gasteiger partial charge in [-0.2, -0.15) is 13.2 Å². The average molecular weight is 440 g/mol. The molecule has 0 spiro atoms. The summed E-state index contributed by atoms with van der Waals surface area (Å²) in [5, 5.41) is -1.23. The number of carbonyl (C=O) groups excluding carboxylic acids is 1. The number of rotatable bonds is 6. The standard InChI is InChI=1S/C22H21ClF3NO3/c1-13(16-10-7-11-18(27-16)30-14-8-5-4-6-9-14)29-20(28)19-15(21(19,2)3)12-17(23)22(24,25)26/h4-13,15,19H,1-3H3/t13-,15+,19+/m1/s1. The van der Waals surface area contributed by atoms with E-state index in [4.69, 9.17) is 21.1 Å². The Kier molecular flexibility index (Phi) is 6.13. The topological polar surface area (TPSA) is 48.4 Å². The zero-order valence-electron chi connectivity index (χ0n) is 16.6. The Morgan fingerprint density at radius 1 is 1.17 bits per heavy atom. The van der Waals surface area contributed by atoms with Crippen molar-refractivity contribution in [3.8, 4) is 11.6 Å². The highest BCUT2D eigenvalue weighted by molar-refractivity contribution is 6.30. The van der Waals surface area contributed by atoms with Crippen molar-refractivity contribution in [2.45, 2.75) is 33.1 Å². The van der Waals surface area contributed by atoms with Crippen molar-refractivity contribution in [2.24, 2.45) is 17.3 Å². The fourth-order valence-corrected chi connectivity index (χ4v) is 3.46. The van der Waals surface area contributed by atoms with Gasteiger partial charge in [0.1, 0.15) is 16.9 Å². The Bertz CT molecular complexity index is 944. The Morgan fingerprint density at radius 3 is 2.47 bits per heavy atom. The van der Waals surface area contributed by atoms with Crippen LogP contribution in [0.15, 0.2) is 59.6 Å². The van der Waals surface area contributed by atoms with Crippen molar-refractivity contribution in [3.05, 3.63) is 65.3 Å². The summed E-state index contributed by atoms with van der Waals surface area (Å²) in [4.78, 5) is 16.9. The quantitative estimate of drug-likeness (QED) is 0.486. The third-order valence-electron chi connectivity index (χ3n) is 5.18. The van der Waals surface area contributed by atoms with Gasteiger partial charge in [-0.05, 0) is 36.5 Å². The summed E-state index contributed by atoms with van der Waals surface area (Å²) in [6, 6.07) is 14.2. The highest BCUT2D eigenvalue weighted by atomic mass is 35.5. The summed E-state index contributed by atoms with van der Waals surface area (Å²) >= 11 is 5.33. The highest BCUT2D eigenvalue weighted by Gasteiger charge is 2.62. The number of carbonyl (C=O) groups is 1. The first-order chi connectivity index (χ1) is 14.0. The summed E-state index contributed by atoms with van der Waals surface area (Å²) in [7, 11) is 0. The minimum absolute atomic E-state index is 0.339. The van der Waals surface area contributed by atoms with Crippen molar-refractivity contribution < 1.29 is 27.4 Å². The maximum atomic E-state index is 12.7. The Labute approximate surface area is 177 Å². The van der Waals surface area contributed by atoms with Gasteiger partial charge < -0.3 is 9.47 Å². The van der Waals surface area contributed by atoms with Crippen molar-refractivity contribution >= 4 is 17.6 Å². The van der Waals surface area contributed by atoms with E-state index in [9.17, 15) is 18.0 Å². The summed E-state index contributed by atoms with van der Waals surface area (Å²) < 4.78 is 49.3. The molecule has 0 N–H and O–H groups in total. The maximum Gasteiger partial charge on any atom is 0.426 e. The molecule has 3 atom stereocenters. The molecular formula is C22H21ClF3NO3. The Balaban J connectivity index is 1.67. The molecule has 1 aromatic carbocycles. The fourth-order valence-electron chi connectivity index (χ4n) is 3.32. The Hall–Kier alpha value is -2.54. The van der Waals surface area contributed by atoms with E-state index in [1.807, 2.05) is 18.2 Å². The van der Waals surface area contributed by atoms with Gasteiger partial charge in [0.05, 0.1) is 11.6 Å². The molecule has 0 unspecified atom stereocenters. The van der Waals surface area contributed by atoms with Crippen LogP contribution in [0.25, 0.3) is 0 Å². The van der Waals surface area contributed by atoms with Crippen LogP contribution < -0.4 is 4.74 Å². The van der Waals surface area contributed by atoms with Crippen LogP contribution in [0.5, 0.6) is 11.6 Å². The number of para-hydroxylation sites is 1. The molecule has 0 bridgehead atoms. The molecule has 1 fully saturated rings. The highest BCUT2D eigenvalue weighted by Crippen LogP contribution is 2.60. The molecule has 3 rings (SSSR count). The van der Waals surface area contributed by atoms with E-state index in [0.29, 0.717) is 17.3 Å². The van der Waals surface area contributed by atoms with Gasteiger partial charge in [0, 0.05) is 6.07 Å². The number of hydrogen-bond donors (Lipinski definition) is 0. The lowest BCUT2D eigenvalue weighted by atomic mass is 10.1. The second-order valence-electron chi connectivity index (χ2n) is 7.73. The molecule has 30 heavy (non-hydrogen) atoms. The van der Waals surface area contributed by atoms with Gasteiger partial charge in [-0.1, -0.05) is 55.8 Å². The van der Waals surface area contributed by atoms with Crippen LogP contribution in [0.1, 0.15) is 32.6 Å². The lowest BCUT2D eigenvalue weighted by Crippen LogP contribution is -2.14. The number of allylic oxidation sites excluding steroid dienone is 2. The number of ether oxygens (including phenoxy) is 2. The fraction of sp³-hybridized carbons (Fsp3) is 0.364. The number of aromatic nitrogens is 1. The molecule has 2 aromatic rings. The minimum atomic E-state index is -4.63. The zero-order chi connectivity index (χ0) is 22.1. The smallest absolute Gasteiger partial charge is 0.426 e. The van der Waals surface area contributed by atoms with E-state index in [0.717, 1.165) is 6.08 Å². The third-order valence-corrected chi connectivity index (χ3v) is 5.52. The lowest BCUT2D eigenvalue weighted by Gasteiger charge is -2.14. The van der Waals surface area contributed by atoms with Gasteiger partial charge in [-0.25, -0.2) is 4.98 Å². The largest absolute Gasteiger partial charge is 0.456 e. The van der Waals surface area contributed by atoms with Crippen LogP contribution >= 0.6 is 11.6 Å². The van der Waals surface area contributed by atoms with Gasteiger partial charge in [-0.15, -0.1) is 0 Å². The number of alkyl halides is 3. The van der Waals surface area contributed by atoms with Gasteiger partial charge in [0.2, 0.25) is 5.88 Å². The number of halogens is 4. The average Bonchev–Trinajstić information content (AvgIpc) is 3.22. The van der Waals surface area contributed by atoms with Gasteiger partial charge in [-0.3, -0.25) is 4.79 Å². The van der Waals surface area contributed by atoms with E-state index in [1.165, 1.54) is 0 Å². The molecule has 0 aliphatic heterocycles. The van der Waals surface area contributed by atoms with E-state index in [2.05, 4.69) is 4.98 Å². The van der Waals surface area contributed by atoms with Crippen LogP contribution in [0.3, 0.4) is 0 Å². The van der Waals surface area contributed by atoms with Crippen LogP contribution in [-0.2, 0) is 9.53 Å². The molecule has 1 aliphatic rings. The number of benzene rings is 1. The predicted octanol–water partition coefficient (Wildman–Crippen LogP) is 6.44. The van der Waals surface area contributed by atoms with Crippen LogP contribution in [0.4, 0.5) is 13.2 Å². The molecule has 4 nitrogen and oxygen atoms in total. The monoisotopic (exact) mass is 439 g/mol. The molecule has 0 saturated heterocycles. The molecule has 1 aliphatic carbocycles. The van der Waals surface area contributed by atoms with E-state index < -0.39 is 40.5 Å². The number of esters is 1. The van der Waals surface area contributed by atoms with Crippen molar-refractivity contribution in [1.82, 2.24) is 4.98 Å². The first-order valence-corrected chi connectivity index (χ1v) is 9.73. The first kappa shape index (κ1) is 22.2. The second kappa shape index (κ2) is 8.30. The Morgan fingerprint density at radius 2 is 1.83 bits per heavy atom. The first-order valence-electron chi connectivity index (χ1n) is 9.35. The SMILES string of the molecule is C[C@@H](OC(=O)[C@@H]1[C@H](C=C(Cl)C(F)(F)F)C1(C)C)c1cccc(Oc2ccccc2)n1. The predicted molar refractivity (Wildman–Crippen MR) is 106 cm³/mol. The lowest BCUT2D eigenvalue weighted by molar-refractivity contribution is -0.151. The normalized spacial score (nSPS) is 21.6. The molecule has 0 radical (unpaired) electrons. The molecular weight excluding hydrogens is 419 g/mol. The van der Waals surface area contributed by atoms with E-state index >= 15 is 0 Å². The van der Waals surface area contributed by atoms with Crippen LogP contribution in [-0.4, -0.2) is 17.1 Å². The summed E-state index contributed by atoms with van der Waals surface area (Å²) in [5.74, 6) is -0.989. The van der Waals surface area contributed by atoms with Gasteiger partial charge >= 0.3 is 12.1 Å². The van der Waals surface area contributed by atoms with Gasteiger partial charge in [0.15, 0.2) is 0 Å². The van der Waals surface area contributed by atoms with Crippen molar-refractivity contribution in [2.75, 3.05) is 0 Å². The number of hydrogen-bond acceptors (Lipinski definition) is 4. The molecule has 0 amide bonds. The van der Waals surface area contributed by atoms with E-state index in [-0.39, 0.29) is 0 Å². The molecule has 8 heteroatoms. The summed E-state index contributed by atoms with van der Waals surface area (Å²) in [6.45, 7) is 5.06. The third kappa shape index (κ3) is 4.95. The number of pyridine rings is 1. The molecule has 160 valence electrons. The summed E-state index contributed by atoms with van der Waals surface area (Å²) in [5.41, 5.74) is -0.205. The maximum absolute atomic E-state index is 12.7. The van der Waals surface area contributed by atoms with Crippen molar-refractivity contribution in [3.63, 3.8) is 0 Å².